The molecule has 8 heteroatoms. The summed E-state index contributed by atoms with van der Waals surface area (Å²) in [5.41, 5.74) is 1.09. The van der Waals surface area contributed by atoms with Gasteiger partial charge in [-0.05, 0) is 24.6 Å². The van der Waals surface area contributed by atoms with E-state index in [1.54, 1.807) is 12.3 Å². The molecule has 0 atom stereocenters. The Morgan fingerprint density at radius 2 is 2.18 bits per heavy atom. The standard InChI is InChI=1S/C14H14F2N4O2/c1-8-5-11-13(17-7-8)22-4-3-20(11)14(21)9-6-10(12(15)16)19(2)18-9/h5-7,12H,3-4H2,1-2H3. The number of carbonyl (C=O) groups is 1. The molecule has 1 amide bonds. The number of fused-ring (bicyclic) bond motifs is 1. The maximum Gasteiger partial charge on any atom is 0.280 e. The van der Waals surface area contributed by atoms with Gasteiger partial charge in [-0.25, -0.2) is 13.8 Å². The predicted octanol–water partition coefficient (Wildman–Crippen LogP) is 2.10. The number of aryl methyl sites for hydroxylation is 2. The number of hydrogen-bond acceptors (Lipinski definition) is 4. The molecule has 0 radical (unpaired) electrons. The van der Waals surface area contributed by atoms with Crippen LogP contribution in [0.4, 0.5) is 14.5 Å². The number of nitrogens with zero attached hydrogens (tertiary/aromatic N) is 4. The van der Waals surface area contributed by atoms with Gasteiger partial charge in [0.05, 0.1) is 6.54 Å². The van der Waals surface area contributed by atoms with E-state index in [-0.39, 0.29) is 11.4 Å². The van der Waals surface area contributed by atoms with Gasteiger partial charge in [-0.15, -0.1) is 0 Å². The molecule has 0 saturated carbocycles. The molecular weight excluding hydrogens is 294 g/mol. The molecule has 3 rings (SSSR count). The van der Waals surface area contributed by atoms with Crippen LogP contribution in [0, 0.1) is 6.92 Å². The highest BCUT2D eigenvalue weighted by molar-refractivity contribution is 6.05. The number of aromatic nitrogens is 3. The van der Waals surface area contributed by atoms with Gasteiger partial charge in [0.25, 0.3) is 12.3 Å². The molecule has 6 nitrogen and oxygen atoms in total. The van der Waals surface area contributed by atoms with E-state index in [1.807, 2.05) is 6.92 Å². The van der Waals surface area contributed by atoms with Gasteiger partial charge >= 0.3 is 0 Å². The molecule has 1 aliphatic rings. The van der Waals surface area contributed by atoms with Crippen LogP contribution >= 0.6 is 0 Å². The van der Waals surface area contributed by atoms with Crippen LogP contribution in [0.1, 0.15) is 28.2 Å². The highest BCUT2D eigenvalue weighted by Crippen LogP contribution is 2.31. The first kappa shape index (κ1) is 14.4. The second-order valence-electron chi connectivity index (χ2n) is 5.02. The average molecular weight is 308 g/mol. The van der Waals surface area contributed by atoms with Crippen molar-refractivity contribution in [2.75, 3.05) is 18.1 Å². The number of rotatable bonds is 2. The summed E-state index contributed by atoms with van der Waals surface area (Å²) in [6.07, 6.45) is -1.04. The Balaban J connectivity index is 1.97. The summed E-state index contributed by atoms with van der Waals surface area (Å²) in [6, 6.07) is 2.89. The molecule has 1 aliphatic heterocycles. The second-order valence-corrected chi connectivity index (χ2v) is 5.02. The fraction of sp³-hybridized carbons (Fsp3) is 0.357. The maximum atomic E-state index is 12.8. The Morgan fingerprint density at radius 1 is 1.41 bits per heavy atom. The monoisotopic (exact) mass is 308 g/mol. The van der Waals surface area contributed by atoms with E-state index in [0.717, 1.165) is 16.3 Å². The van der Waals surface area contributed by atoms with E-state index in [9.17, 15) is 13.6 Å². The molecule has 22 heavy (non-hydrogen) atoms. The highest BCUT2D eigenvalue weighted by Gasteiger charge is 2.28. The van der Waals surface area contributed by atoms with E-state index in [1.165, 1.54) is 11.9 Å². The first-order valence-corrected chi connectivity index (χ1v) is 6.71. The minimum absolute atomic E-state index is 0.0212. The molecule has 0 spiro atoms. The molecule has 0 fully saturated rings. The second kappa shape index (κ2) is 5.36. The summed E-state index contributed by atoms with van der Waals surface area (Å²) < 4.78 is 32.1. The summed E-state index contributed by atoms with van der Waals surface area (Å²) in [4.78, 5) is 18.2. The molecule has 2 aromatic heterocycles. The average Bonchev–Trinajstić information content (AvgIpc) is 2.88. The summed E-state index contributed by atoms with van der Waals surface area (Å²) in [5.74, 6) is -0.0883. The molecule has 0 N–H and O–H groups in total. The molecule has 0 bridgehead atoms. The van der Waals surface area contributed by atoms with E-state index in [4.69, 9.17) is 4.74 Å². The summed E-state index contributed by atoms with van der Waals surface area (Å²) in [6.45, 7) is 2.46. The zero-order chi connectivity index (χ0) is 15.9. The quantitative estimate of drug-likeness (QED) is 0.852. The SMILES string of the molecule is Cc1cnc2c(c1)N(C(=O)c1cc(C(F)F)n(C)n1)CCO2. The zero-order valence-corrected chi connectivity index (χ0v) is 12.1. The lowest BCUT2D eigenvalue weighted by atomic mass is 10.2. The Bertz CT molecular complexity index is 730. The van der Waals surface area contributed by atoms with Crippen molar-refractivity contribution in [1.82, 2.24) is 14.8 Å². The van der Waals surface area contributed by atoms with Gasteiger partial charge in [0, 0.05) is 13.2 Å². The van der Waals surface area contributed by atoms with Crippen molar-refractivity contribution in [3.8, 4) is 5.88 Å². The first-order valence-electron chi connectivity index (χ1n) is 6.71. The van der Waals surface area contributed by atoms with Crippen LogP contribution in [0.15, 0.2) is 18.3 Å². The van der Waals surface area contributed by atoms with Crippen LogP contribution in [-0.2, 0) is 7.05 Å². The van der Waals surface area contributed by atoms with Gasteiger partial charge in [0.15, 0.2) is 5.69 Å². The Morgan fingerprint density at radius 3 is 2.86 bits per heavy atom. The van der Waals surface area contributed by atoms with Crippen molar-refractivity contribution >= 4 is 11.6 Å². The zero-order valence-electron chi connectivity index (χ0n) is 12.1. The lowest BCUT2D eigenvalue weighted by molar-refractivity contribution is 0.0970. The van der Waals surface area contributed by atoms with Gasteiger partial charge in [-0.3, -0.25) is 14.4 Å². The molecule has 0 saturated heterocycles. The third-order valence-corrected chi connectivity index (χ3v) is 3.42. The van der Waals surface area contributed by atoms with Crippen LogP contribution in [0.3, 0.4) is 0 Å². The fourth-order valence-corrected chi connectivity index (χ4v) is 2.34. The predicted molar refractivity (Wildman–Crippen MR) is 74.3 cm³/mol. The summed E-state index contributed by atoms with van der Waals surface area (Å²) in [5, 5.41) is 3.89. The largest absolute Gasteiger partial charge is 0.474 e. The van der Waals surface area contributed by atoms with Gasteiger partial charge in [0.2, 0.25) is 5.88 Å². The van der Waals surface area contributed by atoms with Crippen LogP contribution in [0.5, 0.6) is 5.88 Å². The van der Waals surface area contributed by atoms with E-state index in [0.29, 0.717) is 24.7 Å². The minimum Gasteiger partial charge on any atom is -0.474 e. The smallest absolute Gasteiger partial charge is 0.280 e. The Kier molecular flexibility index (Phi) is 3.51. The minimum atomic E-state index is -2.68. The van der Waals surface area contributed by atoms with Gasteiger partial charge in [0.1, 0.15) is 18.0 Å². The molecule has 0 unspecified atom stereocenters. The van der Waals surface area contributed by atoms with Crippen molar-refractivity contribution in [3.63, 3.8) is 0 Å². The number of alkyl halides is 2. The van der Waals surface area contributed by atoms with Gasteiger partial charge in [-0.1, -0.05) is 0 Å². The molecule has 116 valence electrons. The maximum absolute atomic E-state index is 12.8. The number of halogens is 2. The van der Waals surface area contributed by atoms with E-state index in [2.05, 4.69) is 10.1 Å². The third-order valence-electron chi connectivity index (χ3n) is 3.42. The number of amides is 1. The summed E-state index contributed by atoms with van der Waals surface area (Å²) >= 11 is 0. The topological polar surface area (TPSA) is 60.2 Å². The Labute approximate surface area is 125 Å². The number of anilines is 1. The van der Waals surface area contributed by atoms with Crippen LogP contribution in [0.25, 0.3) is 0 Å². The molecule has 0 aromatic carbocycles. The molecular formula is C14H14F2N4O2. The van der Waals surface area contributed by atoms with Gasteiger partial charge in [-0.2, -0.15) is 5.10 Å². The fourth-order valence-electron chi connectivity index (χ4n) is 2.34. The number of carbonyl (C=O) groups excluding carboxylic acids is 1. The lowest BCUT2D eigenvalue weighted by Crippen LogP contribution is -2.38. The van der Waals surface area contributed by atoms with Crippen molar-refractivity contribution < 1.29 is 18.3 Å². The Hall–Kier alpha value is -2.51. The van der Waals surface area contributed by atoms with E-state index >= 15 is 0 Å². The van der Waals surface area contributed by atoms with Crippen LogP contribution < -0.4 is 9.64 Å². The highest BCUT2D eigenvalue weighted by atomic mass is 19.3. The van der Waals surface area contributed by atoms with Crippen LogP contribution in [0.2, 0.25) is 0 Å². The van der Waals surface area contributed by atoms with Crippen molar-refractivity contribution in [2.24, 2.45) is 7.05 Å². The first-order chi connectivity index (χ1) is 10.5. The third kappa shape index (κ3) is 2.40. The lowest BCUT2D eigenvalue weighted by Gasteiger charge is -2.28. The van der Waals surface area contributed by atoms with Crippen molar-refractivity contribution in [1.29, 1.82) is 0 Å². The van der Waals surface area contributed by atoms with Crippen molar-refractivity contribution in [3.05, 3.63) is 35.3 Å². The molecule has 0 aliphatic carbocycles. The van der Waals surface area contributed by atoms with Crippen molar-refractivity contribution in [2.45, 2.75) is 13.3 Å². The number of hydrogen-bond donors (Lipinski definition) is 0. The number of pyridine rings is 1. The van der Waals surface area contributed by atoms with E-state index < -0.39 is 12.3 Å². The molecule has 2 aromatic rings. The van der Waals surface area contributed by atoms with Crippen LogP contribution in [-0.4, -0.2) is 33.8 Å². The van der Waals surface area contributed by atoms with Gasteiger partial charge < -0.3 is 4.74 Å². The normalized spacial score (nSPS) is 14.0. The summed E-state index contributed by atoms with van der Waals surface area (Å²) in [7, 11) is 1.39. The number of ether oxygens (including phenoxy) is 1. The molecule has 3 heterocycles.